The maximum absolute atomic E-state index is 12.6. The van der Waals surface area contributed by atoms with E-state index < -0.39 is 17.9 Å². The quantitative estimate of drug-likeness (QED) is 0.859. The lowest BCUT2D eigenvalue weighted by Crippen LogP contribution is -2.37. The highest BCUT2D eigenvalue weighted by molar-refractivity contribution is 5.84. The van der Waals surface area contributed by atoms with Crippen LogP contribution >= 0.6 is 0 Å². The summed E-state index contributed by atoms with van der Waals surface area (Å²) in [5, 5.41) is 12.2. The molecule has 0 heterocycles. The minimum absolute atomic E-state index is 0.182. The molecule has 0 aliphatic carbocycles. The summed E-state index contributed by atoms with van der Waals surface area (Å²) in [7, 11) is 0. The first-order valence-corrected chi connectivity index (χ1v) is 7.63. The van der Waals surface area contributed by atoms with Gasteiger partial charge in [0.05, 0.1) is 17.9 Å². The van der Waals surface area contributed by atoms with Crippen molar-refractivity contribution in [1.82, 2.24) is 5.32 Å². The van der Waals surface area contributed by atoms with Crippen LogP contribution in [0.3, 0.4) is 0 Å². The van der Waals surface area contributed by atoms with Gasteiger partial charge in [-0.1, -0.05) is 60.7 Å². The van der Waals surface area contributed by atoms with Crippen LogP contribution in [0.1, 0.15) is 36.9 Å². The molecule has 0 radical (unpaired) electrons. The summed E-state index contributed by atoms with van der Waals surface area (Å²) in [6.45, 7) is 3.42. The van der Waals surface area contributed by atoms with Crippen LogP contribution in [0.25, 0.3) is 0 Å². The molecular formula is C19H21NO3. The summed E-state index contributed by atoms with van der Waals surface area (Å²) in [4.78, 5) is 23.9. The molecule has 2 aromatic carbocycles. The third-order valence-corrected chi connectivity index (χ3v) is 4.04. The Bertz CT molecular complexity index is 655. The third-order valence-electron chi connectivity index (χ3n) is 4.04. The number of nitrogens with one attached hydrogen (secondary N) is 1. The van der Waals surface area contributed by atoms with E-state index in [1.54, 1.807) is 6.92 Å². The van der Waals surface area contributed by atoms with Gasteiger partial charge in [-0.25, -0.2) is 0 Å². The van der Waals surface area contributed by atoms with E-state index in [-0.39, 0.29) is 11.8 Å². The predicted molar refractivity (Wildman–Crippen MR) is 89.0 cm³/mol. The van der Waals surface area contributed by atoms with Crippen LogP contribution in [0, 0.1) is 5.92 Å². The molecule has 2 unspecified atom stereocenters. The zero-order valence-electron chi connectivity index (χ0n) is 13.3. The van der Waals surface area contributed by atoms with Crippen molar-refractivity contribution in [2.75, 3.05) is 0 Å². The molecule has 0 aliphatic heterocycles. The number of benzene rings is 2. The lowest BCUT2D eigenvalue weighted by atomic mass is 9.93. The molecular weight excluding hydrogens is 290 g/mol. The largest absolute Gasteiger partial charge is 0.481 e. The van der Waals surface area contributed by atoms with Crippen LogP contribution in [-0.4, -0.2) is 17.0 Å². The molecule has 2 rings (SSSR count). The Morgan fingerprint density at radius 3 is 1.83 bits per heavy atom. The summed E-state index contributed by atoms with van der Waals surface area (Å²) in [6, 6.07) is 18.1. The topological polar surface area (TPSA) is 66.4 Å². The normalized spacial score (nSPS) is 14.5. The number of hydrogen-bond acceptors (Lipinski definition) is 2. The highest BCUT2D eigenvalue weighted by atomic mass is 16.4. The summed E-state index contributed by atoms with van der Waals surface area (Å²) in [5.41, 5.74) is 1.69. The molecule has 0 saturated heterocycles. The molecule has 2 N–H and O–H groups in total. The van der Waals surface area contributed by atoms with Gasteiger partial charge in [0.1, 0.15) is 0 Å². The van der Waals surface area contributed by atoms with E-state index in [9.17, 15) is 14.7 Å². The van der Waals surface area contributed by atoms with Crippen LogP contribution in [0.4, 0.5) is 0 Å². The predicted octanol–water partition coefficient (Wildman–Crippen LogP) is 3.37. The molecule has 3 atom stereocenters. The minimum Gasteiger partial charge on any atom is -0.481 e. The number of carboxylic acids is 1. The first-order valence-electron chi connectivity index (χ1n) is 7.63. The molecule has 4 heteroatoms. The Morgan fingerprint density at radius 2 is 1.35 bits per heavy atom. The van der Waals surface area contributed by atoms with Gasteiger partial charge in [-0.2, -0.15) is 0 Å². The van der Waals surface area contributed by atoms with Gasteiger partial charge < -0.3 is 10.4 Å². The fourth-order valence-corrected chi connectivity index (χ4v) is 2.47. The molecule has 0 bridgehead atoms. The zero-order valence-corrected chi connectivity index (χ0v) is 13.3. The molecule has 2 aromatic rings. The van der Waals surface area contributed by atoms with Gasteiger partial charge >= 0.3 is 5.97 Å². The van der Waals surface area contributed by atoms with Crippen molar-refractivity contribution in [1.29, 1.82) is 0 Å². The van der Waals surface area contributed by atoms with Crippen molar-refractivity contribution in [3.8, 4) is 0 Å². The summed E-state index contributed by atoms with van der Waals surface area (Å²) in [6.07, 6.45) is 0. The van der Waals surface area contributed by atoms with Crippen molar-refractivity contribution >= 4 is 11.9 Å². The number of carbonyl (C=O) groups excluding carboxylic acids is 1. The van der Waals surface area contributed by atoms with E-state index in [0.717, 1.165) is 11.1 Å². The molecule has 0 spiro atoms. The van der Waals surface area contributed by atoms with Crippen LogP contribution in [0.5, 0.6) is 0 Å². The second-order valence-electron chi connectivity index (χ2n) is 5.66. The Kier molecular flexibility index (Phi) is 5.52. The zero-order chi connectivity index (χ0) is 16.8. The highest BCUT2D eigenvalue weighted by Gasteiger charge is 2.28. The molecule has 0 saturated carbocycles. The second-order valence-corrected chi connectivity index (χ2v) is 5.66. The Balaban J connectivity index is 2.21. The number of carbonyl (C=O) groups is 2. The fourth-order valence-electron chi connectivity index (χ4n) is 2.47. The van der Waals surface area contributed by atoms with Crippen LogP contribution in [0.2, 0.25) is 0 Å². The Hall–Kier alpha value is -2.62. The molecule has 4 nitrogen and oxygen atoms in total. The van der Waals surface area contributed by atoms with Gasteiger partial charge in [-0.3, -0.25) is 9.59 Å². The van der Waals surface area contributed by atoms with Gasteiger partial charge in [0.2, 0.25) is 5.91 Å². The lowest BCUT2D eigenvalue weighted by Gasteiger charge is -2.25. The first-order chi connectivity index (χ1) is 11.0. The van der Waals surface area contributed by atoms with Gasteiger partial charge in [0.15, 0.2) is 0 Å². The monoisotopic (exact) mass is 311 g/mol. The molecule has 0 fully saturated rings. The van der Waals surface area contributed by atoms with E-state index in [0.29, 0.717) is 0 Å². The number of carboxylic acid groups (broad SMARTS) is 1. The molecule has 0 aliphatic rings. The van der Waals surface area contributed by atoms with Gasteiger partial charge in [-0.05, 0) is 25.0 Å². The molecule has 120 valence electrons. The summed E-state index contributed by atoms with van der Waals surface area (Å²) in [5.74, 6) is -2.18. The van der Waals surface area contributed by atoms with Gasteiger partial charge in [-0.15, -0.1) is 0 Å². The summed E-state index contributed by atoms with van der Waals surface area (Å²) >= 11 is 0. The number of amides is 1. The van der Waals surface area contributed by atoms with Crippen molar-refractivity contribution < 1.29 is 14.7 Å². The molecule has 0 aromatic heterocycles. The lowest BCUT2D eigenvalue weighted by molar-refractivity contribution is -0.142. The maximum Gasteiger partial charge on any atom is 0.308 e. The molecule has 1 amide bonds. The average molecular weight is 311 g/mol. The Morgan fingerprint density at radius 1 is 0.870 bits per heavy atom. The van der Waals surface area contributed by atoms with Crippen LogP contribution < -0.4 is 5.32 Å². The minimum atomic E-state index is -0.938. The first kappa shape index (κ1) is 16.7. The fraction of sp³-hybridized carbons (Fsp3) is 0.263. The van der Waals surface area contributed by atoms with Crippen molar-refractivity contribution in [2.45, 2.75) is 25.8 Å². The smallest absolute Gasteiger partial charge is 0.308 e. The standard InChI is InChI=1S/C19H21NO3/c1-13(15-9-5-3-6-10-15)18(21)20-17(14(2)19(22)23)16-11-7-4-8-12-16/h3-14,17H,1-2H3,(H,20,21)(H,22,23)/t13-,14?,17?/m0/s1. The average Bonchev–Trinajstić information content (AvgIpc) is 2.59. The van der Waals surface area contributed by atoms with E-state index in [1.165, 1.54) is 0 Å². The Labute approximate surface area is 136 Å². The van der Waals surface area contributed by atoms with Crippen LogP contribution in [0.15, 0.2) is 60.7 Å². The van der Waals surface area contributed by atoms with E-state index in [2.05, 4.69) is 5.32 Å². The number of rotatable bonds is 6. The highest BCUT2D eigenvalue weighted by Crippen LogP contribution is 2.24. The number of hydrogen-bond donors (Lipinski definition) is 2. The summed E-state index contributed by atoms with van der Waals surface area (Å²) < 4.78 is 0. The maximum atomic E-state index is 12.6. The van der Waals surface area contributed by atoms with E-state index >= 15 is 0 Å². The van der Waals surface area contributed by atoms with Crippen LogP contribution in [-0.2, 0) is 9.59 Å². The number of aliphatic carboxylic acids is 1. The van der Waals surface area contributed by atoms with Crippen molar-refractivity contribution in [3.63, 3.8) is 0 Å². The van der Waals surface area contributed by atoms with Crippen molar-refractivity contribution in [3.05, 3.63) is 71.8 Å². The van der Waals surface area contributed by atoms with E-state index in [1.807, 2.05) is 67.6 Å². The third kappa shape index (κ3) is 4.19. The molecule has 23 heavy (non-hydrogen) atoms. The van der Waals surface area contributed by atoms with Gasteiger partial charge in [0.25, 0.3) is 0 Å². The SMILES string of the molecule is CC(C(=O)O)C(NC(=O)[C@@H](C)c1ccccc1)c1ccccc1. The van der Waals surface area contributed by atoms with Gasteiger partial charge in [0, 0.05) is 0 Å². The van der Waals surface area contributed by atoms with Crippen molar-refractivity contribution in [2.24, 2.45) is 5.92 Å². The van der Waals surface area contributed by atoms with E-state index in [4.69, 9.17) is 0 Å². The second kappa shape index (κ2) is 7.58.